The first-order valence-electron chi connectivity index (χ1n) is 7.15. The molecule has 0 saturated carbocycles. The summed E-state index contributed by atoms with van der Waals surface area (Å²) in [4.78, 5) is 25.9. The SMILES string of the molecule is CC(=O)N1C[C@H](C(=O)Nc2ccc(Br)cc2)Oc2ccccc21. The van der Waals surface area contributed by atoms with E-state index in [-0.39, 0.29) is 18.4 Å². The van der Waals surface area contributed by atoms with Crippen LogP contribution in [0.4, 0.5) is 11.4 Å². The lowest BCUT2D eigenvalue weighted by atomic mass is 10.1. The number of benzene rings is 2. The normalized spacial score (nSPS) is 16.3. The zero-order valence-corrected chi connectivity index (χ0v) is 14.0. The number of carbonyl (C=O) groups excluding carboxylic acids is 2. The molecule has 0 aromatic heterocycles. The molecular weight excluding hydrogens is 360 g/mol. The van der Waals surface area contributed by atoms with E-state index in [0.717, 1.165) is 4.47 Å². The van der Waals surface area contributed by atoms with E-state index in [2.05, 4.69) is 21.2 Å². The molecule has 0 fully saturated rings. The van der Waals surface area contributed by atoms with Crippen molar-refractivity contribution in [2.75, 3.05) is 16.8 Å². The molecule has 1 aliphatic heterocycles. The Hall–Kier alpha value is -2.34. The van der Waals surface area contributed by atoms with Crippen molar-refractivity contribution in [1.82, 2.24) is 0 Å². The van der Waals surface area contributed by atoms with Gasteiger partial charge in [-0.1, -0.05) is 28.1 Å². The highest BCUT2D eigenvalue weighted by Crippen LogP contribution is 2.33. The summed E-state index contributed by atoms with van der Waals surface area (Å²) in [5, 5.41) is 2.81. The fourth-order valence-electron chi connectivity index (χ4n) is 2.43. The number of nitrogens with one attached hydrogen (secondary N) is 1. The molecule has 0 aliphatic carbocycles. The van der Waals surface area contributed by atoms with Gasteiger partial charge in [-0.15, -0.1) is 0 Å². The number of anilines is 2. The Morgan fingerprint density at radius 3 is 2.57 bits per heavy atom. The predicted molar refractivity (Wildman–Crippen MR) is 91.7 cm³/mol. The fraction of sp³-hybridized carbons (Fsp3) is 0.176. The number of halogens is 1. The number of nitrogens with zero attached hydrogens (tertiary/aromatic N) is 1. The van der Waals surface area contributed by atoms with E-state index in [0.29, 0.717) is 17.1 Å². The van der Waals surface area contributed by atoms with E-state index in [1.165, 1.54) is 6.92 Å². The standard InChI is InChI=1S/C17H15BrN2O3/c1-11(21)20-10-16(23-15-5-3-2-4-14(15)20)17(22)19-13-8-6-12(18)7-9-13/h2-9,16H,10H2,1H3,(H,19,22)/t16-/m1/s1. The molecule has 23 heavy (non-hydrogen) atoms. The van der Waals surface area contributed by atoms with Crippen molar-refractivity contribution >= 4 is 39.1 Å². The van der Waals surface area contributed by atoms with Gasteiger partial charge in [-0.25, -0.2) is 0 Å². The lowest BCUT2D eigenvalue weighted by molar-refractivity contribution is -0.123. The molecule has 0 radical (unpaired) electrons. The molecule has 3 rings (SSSR count). The van der Waals surface area contributed by atoms with Crippen molar-refractivity contribution in [1.29, 1.82) is 0 Å². The average molecular weight is 375 g/mol. The Balaban J connectivity index is 1.79. The van der Waals surface area contributed by atoms with Gasteiger partial charge in [-0.2, -0.15) is 0 Å². The second kappa shape index (κ2) is 6.42. The summed E-state index contributed by atoms with van der Waals surface area (Å²) >= 11 is 3.35. The number of fused-ring (bicyclic) bond motifs is 1. The van der Waals surface area contributed by atoms with Crippen molar-refractivity contribution in [3.05, 3.63) is 53.0 Å². The van der Waals surface area contributed by atoms with Gasteiger partial charge in [0.05, 0.1) is 12.2 Å². The summed E-state index contributed by atoms with van der Waals surface area (Å²) in [6.45, 7) is 1.67. The van der Waals surface area contributed by atoms with Crippen LogP contribution in [-0.2, 0) is 9.59 Å². The van der Waals surface area contributed by atoms with Crippen LogP contribution in [0.2, 0.25) is 0 Å². The molecule has 6 heteroatoms. The molecule has 118 valence electrons. The molecule has 0 spiro atoms. The summed E-state index contributed by atoms with van der Waals surface area (Å²) in [5.41, 5.74) is 1.36. The highest BCUT2D eigenvalue weighted by Gasteiger charge is 2.32. The van der Waals surface area contributed by atoms with Gasteiger partial charge in [-0.05, 0) is 36.4 Å². The van der Waals surface area contributed by atoms with Crippen LogP contribution in [-0.4, -0.2) is 24.5 Å². The van der Waals surface area contributed by atoms with Crippen LogP contribution < -0.4 is 15.0 Å². The number of ether oxygens (including phenoxy) is 1. The minimum atomic E-state index is -0.752. The van der Waals surface area contributed by atoms with Gasteiger partial charge < -0.3 is 15.0 Å². The quantitative estimate of drug-likeness (QED) is 0.877. The van der Waals surface area contributed by atoms with E-state index in [9.17, 15) is 9.59 Å². The maximum absolute atomic E-state index is 12.4. The van der Waals surface area contributed by atoms with Gasteiger partial charge in [0.2, 0.25) is 5.91 Å². The van der Waals surface area contributed by atoms with Crippen LogP contribution in [0.3, 0.4) is 0 Å². The predicted octanol–water partition coefficient (Wildman–Crippen LogP) is 3.20. The Morgan fingerprint density at radius 1 is 1.17 bits per heavy atom. The molecule has 0 saturated heterocycles. The van der Waals surface area contributed by atoms with Gasteiger partial charge in [0.1, 0.15) is 5.75 Å². The Kier molecular flexibility index (Phi) is 4.34. The van der Waals surface area contributed by atoms with Crippen LogP contribution >= 0.6 is 15.9 Å². The molecule has 1 heterocycles. The third kappa shape index (κ3) is 3.37. The number of amides is 2. The second-order valence-electron chi connectivity index (χ2n) is 5.20. The van der Waals surface area contributed by atoms with E-state index >= 15 is 0 Å². The molecule has 1 atom stereocenters. The van der Waals surface area contributed by atoms with Crippen molar-refractivity contribution in [3.63, 3.8) is 0 Å². The number of hydrogen-bond donors (Lipinski definition) is 1. The van der Waals surface area contributed by atoms with Crippen LogP contribution in [0, 0.1) is 0 Å². The smallest absolute Gasteiger partial charge is 0.267 e. The maximum atomic E-state index is 12.4. The molecule has 2 aromatic rings. The molecule has 1 aliphatic rings. The van der Waals surface area contributed by atoms with E-state index in [4.69, 9.17) is 4.74 Å². The molecule has 5 nitrogen and oxygen atoms in total. The minimum Gasteiger partial charge on any atom is -0.476 e. The number of rotatable bonds is 2. The van der Waals surface area contributed by atoms with E-state index in [1.807, 2.05) is 24.3 Å². The zero-order valence-electron chi connectivity index (χ0n) is 12.5. The van der Waals surface area contributed by atoms with Crippen LogP contribution in [0.1, 0.15) is 6.92 Å². The number of para-hydroxylation sites is 2. The highest BCUT2D eigenvalue weighted by molar-refractivity contribution is 9.10. The molecule has 2 amide bonds. The summed E-state index contributed by atoms with van der Waals surface area (Å²) in [6.07, 6.45) is -0.752. The zero-order chi connectivity index (χ0) is 16.4. The Labute approximate surface area is 142 Å². The van der Waals surface area contributed by atoms with Crippen LogP contribution in [0.15, 0.2) is 53.0 Å². The Morgan fingerprint density at radius 2 is 1.87 bits per heavy atom. The van der Waals surface area contributed by atoms with Crippen LogP contribution in [0.5, 0.6) is 5.75 Å². The molecular formula is C17H15BrN2O3. The van der Waals surface area contributed by atoms with Crippen molar-refractivity contribution < 1.29 is 14.3 Å². The summed E-state index contributed by atoms with van der Waals surface area (Å²) in [6, 6.07) is 14.5. The largest absolute Gasteiger partial charge is 0.476 e. The molecule has 0 unspecified atom stereocenters. The topological polar surface area (TPSA) is 58.6 Å². The first kappa shape index (κ1) is 15.6. The van der Waals surface area contributed by atoms with E-state index < -0.39 is 6.10 Å². The Bertz CT molecular complexity index is 746. The highest BCUT2D eigenvalue weighted by atomic mass is 79.9. The van der Waals surface area contributed by atoms with E-state index in [1.54, 1.807) is 29.2 Å². The van der Waals surface area contributed by atoms with Crippen LogP contribution in [0.25, 0.3) is 0 Å². The summed E-state index contributed by atoms with van der Waals surface area (Å²) in [5.74, 6) is 0.125. The maximum Gasteiger partial charge on any atom is 0.267 e. The monoisotopic (exact) mass is 374 g/mol. The van der Waals surface area contributed by atoms with Gasteiger partial charge in [0, 0.05) is 17.1 Å². The lowest BCUT2D eigenvalue weighted by Gasteiger charge is -2.33. The average Bonchev–Trinajstić information content (AvgIpc) is 2.55. The third-order valence-corrected chi connectivity index (χ3v) is 4.09. The number of carbonyl (C=O) groups is 2. The molecule has 0 bridgehead atoms. The second-order valence-corrected chi connectivity index (χ2v) is 6.12. The van der Waals surface area contributed by atoms with Crippen molar-refractivity contribution in [2.24, 2.45) is 0 Å². The summed E-state index contributed by atoms with van der Waals surface area (Å²) < 4.78 is 6.69. The first-order chi connectivity index (χ1) is 11.0. The van der Waals surface area contributed by atoms with Gasteiger partial charge in [0.25, 0.3) is 5.91 Å². The molecule has 2 aromatic carbocycles. The number of hydrogen-bond acceptors (Lipinski definition) is 3. The first-order valence-corrected chi connectivity index (χ1v) is 7.94. The van der Waals surface area contributed by atoms with Gasteiger partial charge >= 0.3 is 0 Å². The van der Waals surface area contributed by atoms with Crippen molar-refractivity contribution in [3.8, 4) is 5.75 Å². The van der Waals surface area contributed by atoms with Crippen molar-refractivity contribution in [2.45, 2.75) is 13.0 Å². The minimum absolute atomic E-state index is 0.123. The molecule has 1 N–H and O–H groups in total. The third-order valence-electron chi connectivity index (χ3n) is 3.56. The lowest BCUT2D eigenvalue weighted by Crippen LogP contribution is -2.48. The fourth-order valence-corrected chi connectivity index (χ4v) is 2.69. The van der Waals surface area contributed by atoms with Gasteiger partial charge in [0.15, 0.2) is 6.10 Å². The summed E-state index contributed by atoms with van der Waals surface area (Å²) in [7, 11) is 0. The van der Waals surface area contributed by atoms with Gasteiger partial charge in [-0.3, -0.25) is 9.59 Å².